The molecule has 2 rings (SSSR count). The molecule has 2 aromatic rings. The first kappa shape index (κ1) is 13.3. The molecule has 5 heteroatoms. The number of nitrogens with one attached hydrogen (secondary N) is 1. The largest absolute Gasteiger partial charge is 0.361 e. The van der Waals surface area contributed by atoms with Crippen molar-refractivity contribution >= 4 is 11.6 Å². The molecule has 0 bridgehead atoms. The van der Waals surface area contributed by atoms with Gasteiger partial charge in [0.05, 0.1) is 12.1 Å². The average Bonchev–Trinajstić information content (AvgIpc) is 2.71. The topological polar surface area (TPSA) is 81.2 Å². The van der Waals surface area contributed by atoms with Crippen molar-refractivity contribution in [2.75, 3.05) is 5.32 Å². The second kappa shape index (κ2) is 5.67. The summed E-state index contributed by atoms with van der Waals surface area (Å²) < 4.78 is 5.03. The molecule has 19 heavy (non-hydrogen) atoms. The molecule has 0 fully saturated rings. The Bertz CT molecular complexity index is 553. The lowest BCUT2D eigenvalue weighted by Gasteiger charge is -2.05. The highest BCUT2D eigenvalue weighted by atomic mass is 16.5. The van der Waals surface area contributed by atoms with Crippen LogP contribution in [0.5, 0.6) is 0 Å². The number of aromatic nitrogens is 1. The fourth-order valence-corrected chi connectivity index (χ4v) is 1.84. The summed E-state index contributed by atoms with van der Waals surface area (Å²) in [6.45, 7) is 4.13. The third kappa shape index (κ3) is 3.20. The maximum absolute atomic E-state index is 11.9. The summed E-state index contributed by atoms with van der Waals surface area (Å²) in [6, 6.07) is 7.47. The molecule has 0 unspecified atom stereocenters. The molecule has 3 N–H and O–H groups in total. The molecule has 1 aromatic heterocycles. The number of carbonyl (C=O) groups excluding carboxylic acids is 1. The highest BCUT2D eigenvalue weighted by Gasteiger charge is 2.13. The minimum absolute atomic E-state index is 0.0881. The van der Waals surface area contributed by atoms with Gasteiger partial charge in [-0.15, -0.1) is 0 Å². The van der Waals surface area contributed by atoms with Crippen LogP contribution in [-0.2, 0) is 17.8 Å². The fraction of sp³-hybridized carbons (Fsp3) is 0.286. The van der Waals surface area contributed by atoms with E-state index < -0.39 is 0 Å². The van der Waals surface area contributed by atoms with Gasteiger partial charge < -0.3 is 15.6 Å². The summed E-state index contributed by atoms with van der Waals surface area (Å²) in [5.41, 5.74) is 8.91. The SMILES string of the molecule is Cc1noc(C)c1CC(=O)Nc1ccc(CN)cc1. The number of hydrogen-bond acceptors (Lipinski definition) is 4. The molecule has 0 atom stereocenters. The van der Waals surface area contributed by atoms with Gasteiger partial charge in [0.2, 0.25) is 5.91 Å². The Kier molecular flexibility index (Phi) is 3.97. The van der Waals surface area contributed by atoms with E-state index in [1.165, 1.54) is 0 Å². The summed E-state index contributed by atoms with van der Waals surface area (Å²) in [4.78, 5) is 11.9. The third-order valence-electron chi connectivity index (χ3n) is 2.99. The molecular weight excluding hydrogens is 242 g/mol. The second-order valence-corrected chi connectivity index (χ2v) is 4.43. The lowest BCUT2D eigenvalue weighted by molar-refractivity contribution is -0.115. The summed E-state index contributed by atoms with van der Waals surface area (Å²) in [6.07, 6.45) is 0.264. The van der Waals surface area contributed by atoms with Crippen LogP contribution in [0.3, 0.4) is 0 Å². The average molecular weight is 259 g/mol. The zero-order valence-electron chi connectivity index (χ0n) is 11.1. The Labute approximate surface area is 111 Å². The molecule has 0 saturated carbocycles. The van der Waals surface area contributed by atoms with E-state index in [1.54, 1.807) is 6.92 Å². The number of nitrogens with zero attached hydrogens (tertiary/aromatic N) is 1. The van der Waals surface area contributed by atoms with Crippen molar-refractivity contribution in [3.63, 3.8) is 0 Å². The van der Waals surface area contributed by atoms with Gasteiger partial charge in [-0.3, -0.25) is 4.79 Å². The third-order valence-corrected chi connectivity index (χ3v) is 2.99. The van der Waals surface area contributed by atoms with Gasteiger partial charge in [-0.1, -0.05) is 17.3 Å². The van der Waals surface area contributed by atoms with E-state index in [0.29, 0.717) is 12.3 Å². The van der Waals surface area contributed by atoms with E-state index >= 15 is 0 Å². The minimum atomic E-state index is -0.0881. The van der Waals surface area contributed by atoms with E-state index in [4.69, 9.17) is 10.3 Å². The van der Waals surface area contributed by atoms with E-state index in [-0.39, 0.29) is 12.3 Å². The number of carbonyl (C=O) groups is 1. The van der Waals surface area contributed by atoms with Crippen molar-refractivity contribution in [1.82, 2.24) is 5.16 Å². The van der Waals surface area contributed by atoms with Crippen molar-refractivity contribution in [3.05, 3.63) is 46.8 Å². The van der Waals surface area contributed by atoms with Crippen molar-refractivity contribution in [1.29, 1.82) is 0 Å². The fourth-order valence-electron chi connectivity index (χ4n) is 1.84. The molecule has 1 heterocycles. The van der Waals surface area contributed by atoms with Crippen LogP contribution in [0.15, 0.2) is 28.8 Å². The predicted octanol–water partition coefficient (Wildman–Crippen LogP) is 1.93. The van der Waals surface area contributed by atoms with Gasteiger partial charge >= 0.3 is 0 Å². The second-order valence-electron chi connectivity index (χ2n) is 4.43. The van der Waals surface area contributed by atoms with E-state index in [9.17, 15) is 4.79 Å². The van der Waals surface area contributed by atoms with Crippen molar-refractivity contribution in [3.8, 4) is 0 Å². The number of anilines is 1. The number of benzene rings is 1. The van der Waals surface area contributed by atoms with Crippen LogP contribution in [0.1, 0.15) is 22.6 Å². The van der Waals surface area contributed by atoms with Crippen LogP contribution in [0, 0.1) is 13.8 Å². The van der Waals surface area contributed by atoms with Crippen LogP contribution in [-0.4, -0.2) is 11.1 Å². The standard InChI is InChI=1S/C14H17N3O2/c1-9-13(10(2)19-17-9)7-14(18)16-12-5-3-11(8-15)4-6-12/h3-6H,7-8,15H2,1-2H3,(H,16,18). The highest BCUT2D eigenvalue weighted by molar-refractivity contribution is 5.92. The van der Waals surface area contributed by atoms with Crippen LogP contribution in [0.2, 0.25) is 0 Å². The Morgan fingerprint density at radius 3 is 2.53 bits per heavy atom. The quantitative estimate of drug-likeness (QED) is 0.879. The monoisotopic (exact) mass is 259 g/mol. The zero-order valence-corrected chi connectivity index (χ0v) is 11.1. The lowest BCUT2D eigenvalue weighted by Crippen LogP contribution is -2.15. The van der Waals surface area contributed by atoms with Gasteiger partial charge in [0.1, 0.15) is 5.76 Å². The van der Waals surface area contributed by atoms with Crippen LogP contribution >= 0.6 is 0 Å². The first-order valence-electron chi connectivity index (χ1n) is 6.10. The summed E-state index contributed by atoms with van der Waals surface area (Å²) >= 11 is 0. The Balaban J connectivity index is 2.01. The molecular formula is C14H17N3O2. The normalized spacial score (nSPS) is 10.5. The summed E-state index contributed by atoms with van der Waals surface area (Å²) in [5.74, 6) is 0.598. The van der Waals surface area contributed by atoms with Crippen molar-refractivity contribution in [2.24, 2.45) is 5.73 Å². The minimum Gasteiger partial charge on any atom is -0.361 e. The molecule has 0 aliphatic rings. The molecule has 100 valence electrons. The Hall–Kier alpha value is -2.14. The Morgan fingerprint density at radius 2 is 2.00 bits per heavy atom. The first-order valence-corrected chi connectivity index (χ1v) is 6.10. The zero-order chi connectivity index (χ0) is 13.8. The van der Waals surface area contributed by atoms with Crippen LogP contribution < -0.4 is 11.1 Å². The predicted molar refractivity (Wildman–Crippen MR) is 72.6 cm³/mol. The number of hydrogen-bond donors (Lipinski definition) is 2. The van der Waals surface area contributed by atoms with Gasteiger partial charge in [0.25, 0.3) is 0 Å². The Morgan fingerprint density at radius 1 is 1.32 bits per heavy atom. The number of amides is 1. The molecule has 0 saturated heterocycles. The van der Waals surface area contributed by atoms with E-state index in [0.717, 1.165) is 22.5 Å². The molecule has 1 aromatic carbocycles. The van der Waals surface area contributed by atoms with Crippen LogP contribution in [0.4, 0.5) is 5.69 Å². The van der Waals surface area contributed by atoms with Gasteiger partial charge in [0.15, 0.2) is 0 Å². The number of rotatable bonds is 4. The highest BCUT2D eigenvalue weighted by Crippen LogP contribution is 2.14. The number of aryl methyl sites for hydroxylation is 2. The van der Waals surface area contributed by atoms with Gasteiger partial charge in [-0.25, -0.2) is 0 Å². The lowest BCUT2D eigenvalue weighted by atomic mass is 10.1. The summed E-state index contributed by atoms with van der Waals surface area (Å²) in [5, 5.41) is 6.67. The molecule has 0 aliphatic heterocycles. The maximum Gasteiger partial charge on any atom is 0.228 e. The first-order chi connectivity index (χ1) is 9.10. The van der Waals surface area contributed by atoms with Crippen molar-refractivity contribution < 1.29 is 9.32 Å². The number of nitrogens with two attached hydrogens (primary N) is 1. The smallest absolute Gasteiger partial charge is 0.228 e. The van der Waals surface area contributed by atoms with E-state index in [2.05, 4.69) is 10.5 Å². The molecule has 0 aliphatic carbocycles. The van der Waals surface area contributed by atoms with Crippen molar-refractivity contribution in [2.45, 2.75) is 26.8 Å². The molecule has 0 spiro atoms. The van der Waals surface area contributed by atoms with Crippen LogP contribution in [0.25, 0.3) is 0 Å². The van der Waals surface area contributed by atoms with E-state index in [1.807, 2.05) is 31.2 Å². The molecule has 5 nitrogen and oxygen atoms in total. The van der Waals surface area contributed by atoms with Gasteiger partial charge in [-0.05, 0) is 31.5 Å². The molecule has 1 amide bonds. The summed E-state index contributed by atoms with van der Waals surface area (Å²) in [7, 11) is 0. The van der Waals surface area contributed by atoms with Gasteiger partial charge in [-0.2, -0.15) is 0 Å². The molecule has 0 radical (unpaired) electrons. The van der Waals surface area contributed by atoms with Gasteiger partial charge in [0, 0.05) is 17.8 Å². The maximum atomic E-state index is 11.9.